The molecule has 1 unspecified atom stereocenters. The fraction of sp³-hybridized carbons (Fsp3) is 0.267. The lowest BCUT2D eigenvalue weighted by atomic mass is 10.2. The van der Waals surface area contributed by atoms with Crippen molar-refractivity contribution in [3.8, 4) is 0 Å². The molecule has 0 spiro atoms. The smallest absolute Gasteiger partial charge is 0.152 e. The van der Waals surface area contributed by atoms with Crippen LogP contribution >= 0.6 is 22.9 Å². The summed E-state index contributed by atoms with van der Waals surface area (Å²) >= 11 is 7.86. The van der Waals surface area contributed by atoms with Crippen LogP contribution < -0.4 is 5.32 Å². The zero-order chi connectivity index (χ0) is 14.1. The number of halogens is 1. The van der Waals surface area contributed by atoms with Crippen molar-refractivity contribution in [2.24, 2.45) is 0 Å². The number of fused-ring (bicyclic) bond motifs is 1. The third kappa shape index (κ3) is 2.46. The fourth-order valence-corrected chi connectivity index (χ4v) is 3.34. The van der Waals surface area contributed by atoms with Crippen molar-refractivity contribution in [2.75, 3.05) is 6.54 Å². The molecule has 0 aliphatic heterocycles. The van der Waals surface area contributed by atoms with Crippen LogP contribution in [-0.4, -0.2) is 11.5 Å². The molecule has 3 nitrogen and oxygen atoms in total. The van der Waals surface area contributed by atoms with Gasteiger partial charge in [-0.05, 0) is 25.6 Å². The minimum absolute atomic E-state index is 0.0228. The summed E-state index contributed by atoms with van der Waals surface area (Å²) in [6, 6.07) is 7.85. The molecule has 0 fully saturated rings. The minimum atomic E-state index is 0.0228. The van der Waals surface area contributed by atoms with E-state index in [1.54, 1.807) is 11.3 Å². The van der Waals surface area contributed by atoms with Crippen molar-refractivity contribution in [3.05, 3.63) is 51.1 Å². The number of thiazole rings is 1. The van der Waals surface area contributed by atoms with Gasteiger partial charge in [-0.3, -0.25) is 0 Å². The van der Waals surface area contributed by atoms with Crippen molar-refractivity contribution >= 4 is 33.9 Å². The lowest BCUT2D eigenvalue weighted by Crippen LogP contribution is -2.20. The monoisotopic (exact) mass is 306 g/mol. The first-order valence-electron chi connectivity index (χ1n) is 6.52. The van der Waals surface area contributed by atoms with E-state index in [2.05, 4.69) is 17.2 Å². The number of aromatic nitrogens is 1. The van der Waals surface area contributed by atoms with E-state index >= 15 is 0 Å². The predicted molar refractivity (Wildman–Crippen MR) is 83.6 cm³/mol. The van der Waals surface area contributed by atoms with Crippen molar-refractivity contribution in [3.63, 3.8) is 0 Å². The molecule has 2 aromatic heterocycles. The summed E-state index contributed by atoms with van der Waals surface area (Å²) in [7, 11) is 0. The van der Waals surface area contributed by atoms with Crippen LogP contribution in [0.15, 0.2) is 34.9 Å². The zero-order valence-corrected chi connectivity index (χ0v) is 12.9. The van der Waals surface area contributed by atoms with Crippen molar-refractivity contribution in [1.29, 1.82) is 0 Å². The van der Waals surface area contributed by atoms with Crippen molar-refractivity contribution in [2.45, 2.75) is 19.9 Å². The van der Waals surface area contributed by atoms with Crippen LogP contribution in [-0.2, 0) is 0 Å². The van der Waals surface area contributed by atoms with Gasteiger partial charge < -0.3 is 9.73 Å². The Balaban J connectivity index is 2.07. The molecule has 3 rings (SSSR count). The summed E-state index contributed by atoms with van der Waals surface area (Å²) in [6.07, 6.45) is 1.90. The molecule has 0 saturated heterocycles. The summed E-state index contributed by atoms with van der Waals surface area (Å²) in [4.78, 5) is 5.48. The standard InChI is InChI=1S/C15H15ClN2OS/c1-3-17-14(13-8-18-9(2)20-13)12-7-10-5-4-6-11(16)15(10)19-12/h4-8,14,17H,3H2,1-2H3. The molecular weight excluding hydrogens is 292 g/mol. The van der Waals surface area contributed by atoms with Crippen LogP contribution in [0.4, 0.5) is 0 Å². The molecule has 2 heterocycles. The van der Waals surface area contributed by atoms with Crippen LogP contribution in [0.1, 0.15) is 28.6 Å². The molecule has 3 aromatic rings. The number of nitrogens with one attached hydrogen (secondary N) is 1. The number of furan rings is 1. The Morgan fingerprint density at radius 1 is 1.45 bits per heavy atom. The van der Waals surface area contributed by atoms with Crippen LogP contribution in [0.2, 0.25) is 5.02 Å². The van der Waals surface area contributed by atoms with E-state index in [1.165, 1.54) is 0 Å². The normalized spacial score (nSPS) is 12.9. The zero-order valence-electron chi connectivity index (χ0n) is 11.3. The summed E-state index contributed by atoms with van der Waals surface area (Å²) in [6.45, 7) is 4.94. The highest BCUT2D eigenvalue weighted by Gasteiger charge is 2.20. The maximum atomic E-state index is 6.18. The first kappa shape index (κ1) is 13.6. The van der Waals surface area contributed by atoms with Gasteiger partial charge in [0.2, 0.25) is 0 Å². The van der Waals surface area contributed by atoms with Crippen LogP contribution in [0.3, 0.4) is 0 Å². The molecule has 0 bridgehead atoms. The summed E-state index contributed by atoms with van der Waals surface area (Å²) in [5, 5.41) is 6.16. The molecule has 0 aliphatic rings. The van der Waals surface area contributed by atoms with Crippen molar-refractivity contribution < 1.29 is 4.42 Å². The Morgan fingerprint density at radius 2 is 2.30 bits per heavy atom. The van der Waals surface area contributed by atoms with Crippen LogP contribution in [0, 0.1) is 6.92 Å². The number of rotatable bonds is 4. The second kappa shape index (κ2) is 5.56. The number of hydrogen-bond donors (Lipinski definition) is 1. The fourth-order valence-electron chi connectivity index (χ4n) is 2.25. The third-order valence-electron chi connectivity index (χ3n) is 3.13. The highest BCUT2D eigenvalue weighted by atomic mass is 35.5. The van der Waals surface area contributed by atoms with Gasteiger partial charge in [0.1, 0.15) is 11.8 Å². The maximum Gasteiger partial charge on any atom is 0.152 e. The van der Waals surface area contributed by atoms with Gasteiger partial charge in [0, 0.05) is 16.5 Å². The van der Waals surface area contributed by atoms with Crippen LogP contribution in [0.25, 0.3) is 11.0 Å². The minimum Gasteiger partial charge on any atom is -0.457 e. The molecule has 0 saturated carbocycles. The molecule has 0 radical (unpaired) electrons. The molecule has 20 heavy (non-hydrogen) atoms. The molecule has 104 valence electrons. The first-order valence-corrected chi connectivity index (χ1v) is 7.72. The van der Waals surface area contributed by atoms with Gasteiger partial charge in [0.05, 0.1) is 10.0 Å². The topological polar surface area (TPSA) is 38.1 Å². The van der Waals surface area contributed by atoms with Crippen LogP contribution in [0.5, 0.6) is 0 Å². The Labute approximate surface area is 126 Å². The predicted octanol–water partition coefficient (Wildman–Crippen LogP) is 4.55. The largest absolute Gasteiger partial charge is 0.457 e. The van der Waals surface area contributed by atoms with Gasteiger partial charge in [0.15, 0.2) is 5.58 Å². The van der Waals surface area contributed by atoms with E-state index in [1.807, 2.05) is 37.4 Å². The number of para-hydroxylation sites is 1. The van der Waals surface area contributed by atoms with Gasteiger partial charge >= 0.3 is 0 Å². The number of hydrogen-bond acceptors (Lipinski definition) is 4. The van der Waals surface area contributed by atoms with E-state index in [0.717, 1.165) is 33.2 Å². The first-order chi connectivity index (χ1) is 9.69. The molecule has 1 N–H and O–H groups in total. The van der Waals surface area contributed by atoms with Gasteiger partial charge in [-0.2, -0.15) is 0 Å². The Morgan fingerprint density at radius 3 is 2.95 bits per heavy atom. The molecule has 1 aromatic carbocycles. The lowest BCUT2D eigenvalue weighted by molar-refractivity contribution is 0.480. The van der Waals surface area contributed by atoms with Gasteiger partial charge in [-0.1, -0.05) is 30.7 Å². The quantitative estimate of drug-likeness (QED) is 0.768. The van der Waals surface area contributed by atoms with E-state index in [4.69, 9.17) is 16.0 Å². The van der Waals surface area contributed by atoms with Gasteiger partial charge in [0.25, 0.3) is 0 Å². The third-order valence-corrected chi connectivity index (χ3v) is 4.41. The van der Waals surface area contributed by atoms with E-state index in [9.17, 15) is 0 Å². The van der Waals surface area contributed by atoms with Gasteiger partial charge in [-0.25, -0.2) is 4.98 Å². The Kier molecular flexibility index (Phi) is 3.78. The highest BCUT2D eigenvalue weighted by Crippen LogP contribution is 2.33. The van der Waals surface area contributed by atoms with E-state index < -0.39 is 0 Å². The summed E-state index contributed by atoms with van der Waals surface area (Å²) in [5.74, 6) is 0.874. The summed E-state index contributed by atoms with van der Waals surface area (Å²) < 4.78 is 5.96. The SMILES string of the molecule is CCNC(c1cc2cccc(Cl)c2o1)c1cnc(C)s1. The molecule has 1 atom stereocenters. The average Bonchev–Trinajstić information content (AvgIpc) is 3.03. The van der Waals surface area contributed by atoms with E-state index in [0.29, 0.717) is 5.02 Å². The second-order valence-electron chi connectivity index (χ2n) is 4.58. The summed E-state index contributed by atoms with van der Waals surface area (Å²) in [5.41, 5.74) is 0.744. The molecule has 5 heteroatoms. The molecule has 0 amide bonds. The molecular formula is C15H15ClN2OS. The van der Waals surface area contributed by atoms with Gasteiger partial charge in [-0.15, -0.1) is 11.3 Å². The van der Waals surface area contributed by atoms with Crippen molar-refractivity contribution in [1.82, 2.24) is 10.3 Å². The number of aryl methyl sites for hydroxylation is 1. The average molecular weight is 307 g/mol. The highest BCUT2D eigenvalue weighted by molar-refractivity contribution is 7.11. The second-order valence-corrected chi connectivity index (χ2v) is 6.25. The Bertz CT molecular complexity index is 734. The van der Waals surface area contributed by atoms with E-state index in [-0.39, 0.29) is 6.04 Å². The lowest BCUT2D eigenvalue weighted by Gasteiger charge is -2.12. The number of nitrogens with zero attached hydrogens (tertiary/aromatic N) is 1. The molecule has 0 aliphatic carbocycles. The Hall–Kier alpha value is -1.36. The number of benzene rings is 1. The maximum absolute atomic E-state index is 6.18.